The third-order valence-corrected chi connectivity index (χ3v) is 11.4. The number of hydrogen-bond donors (Lipinski definition) is 0. The molecule has 53 heavy (non-hydrogen) atoms. The van der Waals surface area contributed by atoms with Gasteiger partial charge in [-0.25, -0.2) is 4.98 Å². The van der Waals surface area contributed by atoms with Gasteiger partial charge in [0.05, 0.1) is 22.8 Å². The lowest BCUT2D eigenvalue weighted by Crippen LogP contribution is -2.15. The maximum absolute atomic E-state index is 9.67. The van der Waals surface area contributed by atoms with Crippen molar-refractivity contribution in [3.63, 3.8) is 0 Å². The Kier molecular flexibility index (Phi) is 6.05. The number of rotatable bonds is 3. The lowest BCUT2D eigenvalue weighted by molar-refractivity contribution is 0.476. The van der Waals surface area contributed by atoms with E-state index in [1.165, 1.54) is 60.5 Å². The van der Waals surface area contributed by atoms with Gasteiger partial charge < -0.3 is 4.74 Å². The number of imidazole rings is 1. The molecule has 11 rings (SSSR count). The Morgan fingerprint density at radius 1 is 0.566 bits per heavy atom. The first kappa shape index (κ1) is 29.7. The number of benzene rings is 8. The Hall–Kier alpha value is -6.96. The van der Waals surface area contributed by atoms with E-state index in [1.54, 1.807) is 0 Å². The molecule has 0 radical (unpaired) electrons. The normalized spacial score (nSPS) is 13.4. The summed E-state index contributed by atoms with van der Waals surface area (Å²) in [5, 5.41) is 14.4. The van der Waals surface area contributed by atoms with Crippen LogP contribution in [0.2, 0.25) is 0 Å². The molecular weight excluding hydrogens is 647 g/mol. The topological polar surface area (TPSA) is 50.8 Å². The molecule has 1 aliphatic carbocycles. The average molecular weight is 678 g/mol. The molecule has 0 atom stereocenters. The molecule has 4 nitrogen and oxygen atoms in total. The molecule has 0 saturated heterocycles. The van der Waals surface area contributed by atoms with Crippen LogP contribution in [-0.2, 0) is 5.41 Å². The molecule has 9 aromatic rings. The molecule has 0 spiro atoms. The van der Waals surface area contributed by atoms with Gasteiger partial charge in [-0.2, -0.15) is 5.26 Å². The minimum atomic E-state index is -0.234. The van der Waals surface area contributed by atoms with Crippen molar-refractivity contribution in [2.75, 3.05) is 0 Å². The molecule has 0 unspecified atom stereocenters. The first-order valence-electron chi connectivity index (χ1n) is 18.0. The summed E-state index contributed by atoms with van der Waals surface area (Å²) in [6.07, 6.45) is 0. The van der Waals surface area contributed by atoms with Crippen molar-refractivity contribution < 1.29 is 4.74 Å². The Morgan fingerprint density at radius 3 is 1.85 bits per heavy atom. The van der Waals surface area contributed by atoms with E-state index in [0.717, 1.165) is 45.2 Å². The number of ether oxygens (including phenoxy) is 1. The van der Waals surface area contributed by atoms with Gasteiger partial charge in [0.1, 0.15) is 11.3 Å². The van der Waals surface area contributed by atoms with Gasteiger partial charge in [0.15, 0.2) is 11.5 Å². The summed E-state index contributed by atoms with van der Waals surface area (Å²) in [5.41, 5.74) is 14.0. The fourth-order valence-electron chi connectivity index (χ4n) is 8.96. The van der Waals surface area contributed by atoms with Gasteiger partial charge in [0.2, 0.25) is 0 Å². The molecule has 1 aliphatic heterocycles. The predicted octanol–water partition coefficient (Wildman–Crippen LogP) is 12.6. The number of nitriles is 1. The Morgan fingerprint density at radius 2 is 1.17 bits per heavy atom. The largest absolute Gasteiger partial charge is 0.453 e. The first-order chi connectivity index (χ1) is 26.0. The predicted molar refractivity (Wildman–Crippen MR) is 215 cm³/mol. The summed E-state index contributed by atoms with van der Waals surface area (Å²) in [5.74, 6) is 2.50. The van der Waals surface area contributed by atoms with Gasteiger partial charge >= 0.3 is 0 Å². The van der Waals surface area contributed by atoms with Gasteiger partial charge in [0, 0.05) is 11.0 Å². The number of fused-ring (bicyclic) bond motifs is 7. The van der Waals surface area contributed by atoms with E-state index in [2.05, 4.69) is 152 Å². The molecular formula is C49H31N3O. The van der Waals surface area contributed by atoms with Crippen LogP contribution < -0.4 is 4.74 Å². The highest BCUT2D eigenvalue weighted by Gasteiger charge is 2.36. The molecule has 4 heteroatoms. The zero-order valence-corrected chi connectivity index (χ0v) is 29.2. The second-order valence-corrected chi connectivity index (χ2v) is 14.6. The monoisotopic (exact) mass is 677 g/mol. The van der Waals surface area contributed by atoms with Gasteiger partial charge in [-0.1, -0.05) is 123 Å². The second kappa shape index (κ2) is 10.8. The minimum absolute atomic E-state index is 0.234. The standard InChI is InChI=1S/C49H31N3O/c1-49(2)39-25-29(28-50)19-22-33(39)34-23-20-31(26-40(34)49)45-35-13-6-8-15-37(35)46(38-16-9-7-14-36(38)45)32-21-24-42-44(27-32)53-43-18-10-17-41-47(43)52(42)48(51-41)30-11-4-3-5-12-30/h3-27H,1-2H3. The maximum atomic E-state index is 9.67. The minimum Gasteiger partial charge on any atom is -0.453 e. The van der Waals surface area contributed by atoms with E-state index >= 15 is 0 Å². The highest BCUT2D eigenvalue weighted by Crippen LogP contribution is 2.52. The van der Waals surface area contributed by atoms with Crippen LogP contribution in [0, 0.1) is 11.3 Å². The lowest BCUT2D eigenvalue weighted by Gasteiger charge is -2.24. The van der Waals surface area contributed by atoms with Gasteiger partial charge in [-0.05, 0) is 109 Å². The van der Waals surface area contributed by atoms with Crippen molar-refractivity contribution in [3.05, 3.63) is 168 Å². The molecule has 1 aromatic heterocycles. The molecule has 0 fully saturated rings. The maximum Gasteiger partial charge on any atom is 0.153 e. The SMILES string of the molecule is CC1(C)c2cc(C#N)ccc2-c2ccc(-c3c4ccccc4c(-c4ccc5c(c4)Oc4cccc6nc(-c7ccccc7)n-5c46)c4ccccc34)cc21. The fraction of sp³-hybridized carbons (Fsp3) is 0.0612. The first-order valence-corrected chi connectivity index (χ1v) is 18.0. The molecule has 248 valence electrons. The molecule has 0 bridgehead atoms. The summed E-state index contributed by atoms with van der Waals surface area (Å²) >= 11 is 0. The summed E-state index contributed by atoms with van der Waals surface area (Å²) < 4.78 is 8.95. The smallest absolute Gasteiger partial charge is 0.153 e. The van der Waals surface area contributed by atoms with Gasteiger partial charge in [0.25, 0.3) is 0 Å². The summed E-state index contributed by atoms with van der Waals surface area (Å²) in [6, 6.07) is 56.0. The highest BCUT2D eigenvalue weighted by atomic mass is 16.5. The second-order valence-electron chi connectivity index (χ2n) is 14.6. The van der Waals surface area contributed by atoms with Crippen LogP contribution >= 0.6 is 0 Å². The van der Waals surface area contributed by atoms with Crippen LogP contribution in [0.3, 0.4) is 0 Å². The van der Waals surface area contributed by atoms with Crippen LogP contribution in [-0.4, -0.2) is 9.55 Å². The molecule has 0 saturated carbocycles. The Labute approximate surface area is 306 Å². The van der Waals surface area contributed by atoms with Crippen molar-refractivity contribution >= 4 is 32.6 Å². The van der Waals surface area contributed by atoms with E-state index in [0.29, 0.717) is 5.56 Å². The van der Waals surface area contributed by atoms with Crippen LogP contribution in [0.5, 0.6) is 11.5 Å². The van der Waals surface area contributed by atoms with Crippen molar-refractivity contribution in [1.82, 2.24) is 9.55 Å². The van der Waals surface area contributed by atoms with E-state index in [1.807, 2.05) is 24.3 Å². The summed E-state index contributed by atoms with van der Waals surface area (Å²) in [6.45, 7) is 4.55. The van der Waals surface area contributed by atoms with Crippen LogP contribution in [0.15, 0.2) is 152 Å². The zero-order valence-electron chi connectivity index (χ0n) is 29.2. The van der Waals surface area contributed by atoms with E-state index < -0.39 is 0 Å². The van der Waals surface area contributed by atoms with E-state index in [4.69, 9.17) is 9.72 Å². The molecule has 0 amide bonds. The quantitative estimate of drug-likeness (QED) is 0.175. The van der Waals surface area contributed by atoms with Gasteiger partial charge in [-0.3, -0.25) is 4.57 Å². The molecule has 2 heterocycles. The van der Waals surface area contributed by atoms with Crippen molar-refractivity contribution in [3.8, 4) is 68.0 Å². The van der Waals surface area contributed by atoms with Crippen molar-refractivity contribution in [1.29, 1.82) is 5.26 Å². The molecule has 2 aliphatic rings. The highest BCUT2D eigenvalue weighted by molar-refractivity contribution is 6.21. The third-order valence-electron chi connectivity index (χ3n) is 11.4. The van der Waals surface area contributed by atoms with Crippen LogP contribution in [0.1, 0.15) is 30.5 Å². The third kappa shape index (κ3) is 4.14. The lowest BCUT2D eigenvalue weighted by atomic mass is 9.80. The van der Waals surface area contributed by atoms with Crippen LogP contribution in [0.4, 0.5) is 0 Å². The van der Waals surface area contributed by atoms with Gasteiger partial charge in [-0.15, -0.1) is 0 Å². The van der Waals surface area contributed by atoms with Crippen LogP contribution in [0.25, 0.3) is 83.0 Å². The Bertz CT molecular complexity index is 3010. The van der Waals surface area contributed by atoms with E-state index in [-0.39, 0.29) is 5.41 Å². The average Bonchev–Trinajstić information content (AvgIpc) is 3.70. The number of hydrogen-bond acceptors (Lipinski definition) is 3. The number of aromatic nitrogens is 2. The van der Waals surface area contributed by atoms with Crippen molar-refractivity contribution in [2.45, 2.75) is 19.3 Å². The summed E-state index contributed by atoms with van der Waals surface area (Å²) in [7, 11) is 0. The van der Waals surface area contributed by atoms with Crippen molar-refractivity contribution in [2.24, 2.45) is 0 Å². The molecule has 0 N–H and O–H groups in total. The Balaban J connectivity index is 1.12. The fourth-order valence-corrected chi connectivity index (χ4v) is 8.96. The zero-order chi connectivity index (χ0) is 35.4. The van der Waals surface area contributed by atoms with E-state index in [9.17, 15) is 5.26 Å². The summed E-state index contributed by atoms with van der Waals surface area (Å²) in [4.78, 5) is 5.07. The number of nitrogens with zero attached hydrogens (tertiary/aromatic N) is 3. The number of para-hydroxylation sites is 1. The molecule has 8 aromatic carbocycles.